The summed E-state index contributed by atoms with van der Waals surface area (Å²) in [6, 6.07) is 0.0901. The Morgan fingerprint density at radius 1 is 1.50 bits per heavy atom. The van der Waals surface area contributed by atoms with Crippen LogP contribution in [0.25, 0.3) is 0 Å². The van der Waals surface area contributed by atoms with Crippen LogP contribution in [0.15, 0.2) is 6.20 Å². The number of aromatic nitrogens is 2. The quantitative estimate of drug-likeness (QED) is 0.908. The Balaban J connectivity index is 1.79. The van der Waals surface area contributed by atoms with Crippen molar-refractivity contribution in [3.8, 4) is 0 Å². The highest BCUT2D eigenvalue weighted by Gasteiger charge is 2.43. The Labute approximate surface area is 131 Å². The van der Waals surface area contributed by atoms with E-state index in [2.05, 4.69) is 12.0 Å². The van der Waals surface area contributed by atoms with E-state index in [1.54, 1.807) is 0 Å². The number of carbonyl (C=O) groups excluding carboxylic acids is 1. The minimum absolute atomic E-state index is 0.0525. The minimum atomic E-state index is 0.0525. The van der Waals surface area contributed by atoms with E-state index >= 15 is 0 Å². The third-order valence-electron chi connectivity index (χ3n) is 4.78. The van der Waals surface area contributed by atoms with Gasteiger partial charge in [-0.05, 0) is 32.1 Å². The average Bonchev–Trinajstić information content (AvgIpc) is 3.09. The van der Waals surface area contributed by atoms with E-state index in [0.29, 0.717) is 18.7 Å². The van der Waals surface area contributed by atoms with E-state index < -0.39 is 0 Å². The zero-order chi connectivity index (χ0) is 15.7. The van der Waals surface area contributed by atoms with Crippen LogP contribution in [0.4, 0.5) is 0 Å². The minimum Gasteiger partial charge on any atom is -0.396 e. The van der Waals surface area contributed by atoms with Crippen molar-refractivity contribution in [2.24, 2.45) is 5.92 Å². The first-order valence-electron chi connectivity index (χ1n) is 8.21. The van der Waals surface area contributed by atoms with Gasteiger partial charge in [-0.3, -0.25) is 9.48 Å². The summed E-state index contributed by atoms with van der Waals surface area (Å²) in [7, 11) is 0. The maximum absolute atomic E-state index is 12.9. The molecule has 1 aliphatic heterocycles. The smallest absolute Gasteiger partial charge is 0.257 e. The third-order valence-corrected chi connectivity index (χ3v) is 4.78. The number of ether oxygens (including phenoxy) is 1. The number of nitrogens with zero attached hydrogens (tertiary/aromatic N) is 3. The summed E-state index contributed by atoms with van der Waals surface area (Å²) in [5.74, 6) is 0.295. The zero-order valence-electron chi connectivity index (χ0n) is 13.4. The number of hydrogen-bond acceptors (Lipinski definition) is 4. The lowest BCUT2D eigenvalue weighted by molar-refractivity contribution is -0.0449. The number of aryl methyl sites for hydroxylation is 2. The number of morpholine rings is 1. The molecule has 1 N–H and O–H groups in total. The maximum Gasteiger partial charge on any atom is 0.257 e. The number of aliphatic hydroxyl groups excluding tert-OH is 1. The molecule has 3 atom stereocenters. The lowest BCUT2D eigenvalue weighted by Gasteiger charge is -2.37. The third kappa shape index (κ3) is 2.77. The molecule has 22 heavy (non-hydrogen) atoms. The number of fused-ring (bicyclic) bond motifs is 1. The first-order valence-corrected chi connectivity index (χ1v) is 8.21. The van der Waals surface area contributed by atoms with Crippen molar-refractivity contribution in [3.05, 3.63) is 17.5 Å². The van der Waals surface area contributed by atoms with E-state index in [-0.39, 0.29) is 30.6 Å². The Hall–Kier alpha value is -1.40. The number of rotatable bonds is 4. The molecule has 122 valence electrons. The van der Waals surface area contributed by atoms with Gasteiger partial charge < -0.3 is 14.7 Å². The van der Waals surface area contributed by atoms with Gasteiger partial charge in [0.15, 0.2) is 0 Å². The van der Waals surface area contributed by atoms with E-state index in [0.717, 1.165) is 31.5 Å². The summed E-state index contributed by atoms with van der Waals surface area (Å²) >= 11 is 0. The lowest BCUT2D eigenvalue weighted by Crippen LogP contribution is -2.51. The molecule has 2 heterocycles. The monoisotopic (exact) mass is 307 g/mol. The highest BCUT2D eigenvalue weighted by Crippen LogP contribution is 2.34. The van der Waals surface area contributed by atoms with Crippen LogP contribution >= 0.6 is 0 Å². The van der Waals surface area contributed by atoms with Crippen molar-refractivity contribution in [1.29, 1.82) is 0 Å². The van der Waals surface area contributed by atoms with Crippen molar-refractivity contribution < 1.29 is 14.6 Å². The first-order chi connectivity index (χ1) is 10.6. The summed E-state index contributed by atoms with van der Waals surface area (Å²) in [6.45, 7) is 6.19. The summed E-state index contributed by atoms with van der Waals surface area (Å²) < 4.78 is 7.65. The fraction of sp³-hybridized carbons (Fsp3) is 0.750. The van der Waals surface area contributed by atoms with Gasteiger partial charge in [-0.15, -0.1) is 0 Å². The molecule has 1 aromatic heterocycles. The van der Waals surface area contributed by atoms with Gasteiger partial charge in [0.05, 0.1) is 30.0 Å². The molecule has 0 radical (unpaired) electrons. The van der Waals surface area contributed by atoms with Crippen LogP contribution in [-0.2, 0) is 11.3 Å². The molecule has 1 aromatic rings. The van der Waals surface area contributed by atoms with Gasteiger partial charge in [0, 0.05) is 25.9 Å². The molecular formula is C16H25N3O3. The van der Waals surface area contributed by atoms with Gasteiger partial charge in [0.2, 0.25) is 0 Å². The second-order valence-corrected chi connectivity index (χ2v) is 6.39. The Morgan fingerprint density at radius 3 is 3.05 bits per heavy atom. The van der Waals surface area contributed by atoms with Crippen molar-refractivity contribution in [2.45, 2.75) is 51.8 Å². The van der Waals surface area contributed by atoms with Gasteiger partial charge in [0.1, 0.15) is 0 Å². The molecule has 1 amide bonds. The largest absolute Gasteiger partial charge is 0.396 e. The highest BCUT2D eigenvalue weighted by molar-refractivity contribution is 5.95. The second-order valence-electron chi connectivity index (χ2n) is 6.39. The standard InChI is InChI=1S/C16H25N3O3/c1-3-4-18-9-13(11(2)17-18)16(21)19-5-6-22-15-8-12(10-20)7-14(15)19/h9,12,14-15,20H,3-8,10H2,1-2H3/t12-,14+,15?/m1/s1. The predicted octanol–water partition coefficient (Wildman–Crippen LogP) is 1.21. The van der Waals surface area contributed by atoms with E-state index in [1.165, 1.54) is 0 Å². The molecule has 6 heteroatoms. The van der Waals surface area contributed by atoms with Gasteiger partial charge >= 0.3 is 0 Å². The number of carbonyl (C=O) groups is 1. The summed E-state index contributed by atoms with van der Waals surface area (Å²) in [5.41, 5.74) is 1.49. The second kappa shape index (κ2) is 6.38. The number of aliphatic hydroxyl groups is 1. The Morgan fingerprint density at radius 2 is 2.32 bits per heavy atom. The molecule has 1 aliphatic carbocycles. The van der Waals surface area contributed by atoms with Gasteiger partial charge in [0.25, 0.3) is 5.91 Å². The van der Waals surface area contributed by atoms with Crippen LogP contribution in [0.1, 0.15) is 42.2 Å². The molecular weight excluding hydrogens is 282 g/mol. The fourth-order valence-electron chi connectivity index (χ4n) is 3.68. The average molecular weight is 307 g/mol. The van der Waals surface area contributed by atoms with Crippen molar-refractivity contribution in [1.82, 2.24) is 14.7 Å². The van der Waals surface area contributed by atoms with Crippen molar-refractivity contribution >= 4 is 5.91 Å². The molecule has 0 spiro atoms. The fourth-order valence-corrected chi connectivity index (χ4v) is 3.68. The lowest BCUT2D eigenvalue weighted by atomic mass is 10.1. The molecule has 2 aliphatic rings. The van der Waals surface area contributed by atoms with Crippen LogP contribution in [0.2, 0.25) is 0 Å². The predicted molar refractivity (Wildman–Crippen MR) is 81.6 cm³/mol. The van der Waals surface area contributed by atoms with Crippen molar-refractivity contribution in [2.75, 3.05) is 19.8 Å². The topological polar surface area (TPSA) is 67.6 Å². The van der Waals surface area contributed by atoms with Crippen LogP contribution in [-0.4, -0.2) is 57.6 Å². The summed E-state index contributed by atoms with van der Waals surface area (Å²) in [6.07, 6.45) is 4.61. The molecule has 1 saturated carbocycles. The number of hydrogen-bond donors (Lipinski definition) is 1. The molecule has 6 nitrogen and oxygen atoms in total. The maximum atomic E-state index is 12.9. The van der Waals surface area contributed by atoms with E-state index in [4.69, 9.17) is 4.74 Å². The molecule has 1 unspecified atom stereocenters. The molecule has 1 saturated heterocycles. The molecule has 2 fully saturated rings. The van der Waals surface area contributed by atoms with Crippen LogP contribution < -0.4 is 0 Å². The Kier molecular flexibility index (Phi) is 4.49. The van der Waals surface area contributed by atoms with Crippen LogP contribution in [0, 0.1) is 12.8 Å². The van der Waals surface area contributed by atoms with Gasteiger partial charge in [-0.2, -0.15) is 5.10 Å². The summed E-state index contributed by atoms with van der Waals surface area (Å²) in [5, 5.41) is 13.8. The van der Waals surface area contributed by atoms with Crippen LogP contribution in [0.5, 0.6) is 0 Å². The molecule has 3 rings (SSSR count). The highest BCUT2D eigenvalue weighted by atomic mass is 16.5. The van der Waals surface area contributed by atoms with E-state index in [1.807, 2.05) is 22.7 Å². The van der Waals surface area contributed by atoms with Crippen molar-refractivity contribution in [3.63, 3.8) is 0 Å². The van der Waals surface area contributed by atoms with Crippen LogP contribution in [0.3, 0.4) is 0 Å². The van der Waals surface area contributed by atoms with Gasteiger partial charge in [-0.25, -0.2) is 0 Å². The zero-order valence-corrected chi connectivity index (χ0v) is 13.4. The molecule has 0 aromatic carbocycles. The first kappa shape index (κ1) is 15.5. The number of amides is 1. The molecule has 0 bridgehead atoms. The Bertz CT molecular complexity index is 543. The normalized spacial score (nSPS) is 28.0. The summed E-state index contributed by atoms with van der Waals surface area (Å²) in [4.78, 5) is 14.9. The van der Waals surface area contributed by atoms with E-state index in [9.17, 15) is 9.90 Å². The SMILES string of the molecule is CCCn1cc(C(=O)N2CCOC3C[C@H](CO)C[C@@H]32)c(C)n1. The van der Waals surface area contributed by atoms with Gasteiger partial charge in [-0.1, -0.05) is 6.92 Å².